The highest BCUT2D eigenvalue weighted by molar-refractivity contribution is 5.99. The molecule has 5 aliphatic rings. The zero-order valence-electron chi connectivity index (χ0n) is 17.2. The Bertz CT molecular complexity index is 856. The number of carbonyl (C=O) groups is 2. The first kappa shape index (κ1) is 19.4. The number of ether oxygens (including phenoxy) is 3. The van der Waals surface area contributed by atoms with Crippen molar-refractivity contribution in [3.8, 4) is 11.5 Å². The lowest BCUT2D eigenvalue weighted by molar-refractivity contribution is -0.160. The minimum Gasteiger partial charge on any atom is -0.455 e. The number of hydrogen-bond acceptors (Lipinski definition) is 7. The highest BCUT2D eigenvalue weighted by atomic mass is 16.7. The molecule has 4 bridgehead atoms. The second-order valence-electron chi connectivity index (χ2n) is 9.30. The van der Waals surface area contributed by atoms with E-state index < -0.39 is 5.97 Å². The van der Waals surface area contributed by atoms with Crippen molar-refractivity contribution in [1.29, 1.82) is 0 Å². The van der Waals surface area contributed by atoms with E-state index >= 15 is 0 Å². The van der Waals surface area contributed by atoms with Gasteiger partial charge in [0.15, 0.2) is 23.9 Å². The third-order valence-electron chi connectivity index (χ3n) is 7.17. The Kier molecular flexibility index (Phi) is 4.91. The number of carbonyl (C=O) groups excluding carboxylic acids is 2. The van der Waals surface area contributed by atoms with Gasteiger partial charge in [0.1, 0.15) is 0 Å². The van der Waals surface area contributed by atoms with Crippen LogP contribution in [0.4, 0.5) is 0 Å². The summed E-state index contributed by atoms with van der Waals surface area (Å²) in [6, 6.07) is 5.46. The van der Waals surface area contributed by atoms with Crippen molar-refractivity contribution in [3.05, 3.63) is 23.8 Å². The first-order valence-corrected chi connectivity index (χ1v) is 10.8. The molecule has 6 rings (SSSR count). The quantitative estimate of drug-likeness (QED) is 0.387. The van der Waals surface area contributed by atoms with Crippen molar-refractivity contribution in [2.24, 2.45) is 28.3 Å². The molecule has 4 fully saturated rings. The van der Waals surface area contributed by atoms with Crippen LogP contribution in [0.1, 0.15) is 51.0 Å². The predicted molar refractivity (Wildman–Crippen MR) is 107 cm³/mol. The molecule has 160 valence electrons. The molecule has 0 amide bonds. The van der Waals surface area contributed by atoms with Crippen LogP contribution < -0.4 is 9.47 Å². The summed E-state index contributed by atoms with van der Waals surface area (Å²) in [5.41, 5.74) is 1.17. The topological polar surface area (TPSA) is 83.4 Å². The lowest BCUT2D eigenvalue weighted by Gasteiger charge is -2.55. The summed E-state index contributed by atoms with van der Waals surface area (Å²) >= 11 is 0. The molecular formula is C23H27NO6. The van der Waals surface area contributed by atoms with Gasteiger partial charge in [-0.2, -0.15) is 0 Å². The molecule has 1 heterocycles. The number of rotatable bonds is 7. The van der Waals surface area contributed by atoms with Crippen LogP contribution >= 0.6 is 0 Å². The maximum absolute atomic E-state index is 12.9. The molecule has 0 aromatic heterocycles. The number of oxime groups is 1. The Balaban J connectivity index is 1.10. The fraction of sp³-hybridized carbons (Fsp3) is 0.609. The Morgan fingerprint density at radius 2 is 1.70 bits per heavy atom. The van der Waals surface area contributed by atoms with Crippen molar-refractivity contribution in [1.82, 2.24) is 0 Å². The number of fused-ring (bicyclic) bond motifs is 1. The molecule has 30 heavy (non-hydrogen) atoms. The van der Waals surface area contributed by atoms with Crippen LogP contribution in [0, 0.1) is 23.2 Å². The molecule has 0 N–H and O–H groups in total. The molecule has 7 heteroatoms. The fourth-order valence-electron chi connectivity index (χ4n) is 6.15. The number of Topliss-reactive ketones (excluding diaryl/α,β-unsaturated/α-hetero) is 1. The molecule has 0 spiro atoms. The van der Waals surface area contributed by atoms with Gasteiger partial charge in [0.05, 0.1) is 5.71 Å². The second kappa shape index (κ2) is 7.60. The van der Waals surface area contributed by atoms with Crippen molar-refractivity contribution in [2.45, 2.75) is 45.4 Å². The van der Waals surface area contributed by atoms with Gasteiger partial charge in [-0.25, -0.2) is 4.79 Å². The molecule has 7 nitrogen and oxygen atoms in total. The molecule has 0 radical (unpaired) electrons. The summed E-state index contributed by atoms with van der Waals surface area (Å²) in [5, 5.41) is 3.98. The van der Waals surface area contributed by atoms with Crippen LogP contribution in [0.15, 0.2) is 23.4 Å². The molecule has 1 aliphatic heterocycles. The zero-order chi connectivity index (χ0) is 20.7. The molecule has 1 aromatic carbocycles. The maximum atomic E-state index is 12.9. The summed E-state index contributed by atoms with van der Waals surface area (Å²) < 4.78 is 15.9. The minimum atomic E-state index is -0.574. The van der Waals surface area contributed by atoms with Gasteiger partial charge in [-0.3, -0.25) is 4.79 Å². The van der Waals surface area contributed by atoms with Crippen LogP contribution in [0.2, 0.25) is 0 Å². The summed E-state index contributed by atoms with van der Waals surface area (Å²) in [6.07, 6.45) is 6.77. The Morgan fingerprint density at radius 1 is 1.03 bits per heavy atom. The first-order chi connectivity index (χ1) is 14.5. The zero-order valence-corrected chi connectivity index (χ0v) is 17.2. The van der Waals surface area contributed by atoms with E-state index in [1.807, 2.05) is 12.1 Å². The van der Waals surface area contributed by atoms with Crippen LogP contribution in [-0.2, 0) is 19.2 Å². The smallest absolute Gasteiger partial charge is 0.347 e. The van der Waals surface area contributed by atoms with Crippen LogP contribution in [0.3, 0.4) is 0 Å². The fourth-order valence-corrected chi connectivity index (χ4v) is 6.15. The van der Waals surface area contributed by atoms with E-state index in [2.05, 4.69) is 5.16 Å². The average molecular weight is 413 g/mol. The highest BCUT2D eigenvalue weighted by Crippen LogP contribution is 2.60. The van der Waals surface area contributed by atoms with Gasteiger partial charge in [0.2, 0.25) is 13.4 Å². The average Bonchev–Trinajstić information content (AvgIpc) is 3.18. The molecule has 0 atom stereocenters. The third kappa shape index (κ3) is 3.66. The van der Waals surface area contributed by atoms with E-state index in [9.17, 15) is 9.59 Å². The molecule has 0 saturated heterocycles. The summed E-state index contributed by atoms with van der Waals surface area (Å²) in [5.74, 6) is 2.93. The van der Waals surface area contributed by atoms with Crippen LogP contribution in [-0.4, -0.2) is 37.5 Å². The Hall–Kier alpha value is -2.57. The lowest BCUT2D eigenvalue weighted by atomic mass is 9.48. The lowest BCUT2D eigenvalue weighted by Crippen LogP contribution is -2.51. The summed E-state index contributed by atoms with van der Waals surface area (Å²) in [4.78, 5) is 30.1. The monoisotopic (exact) mass is 413 g/mol. The number of esters is 1. The van der Waals surface area contributed by atoms with Gasteiger partial charge < -0.3 is 19.0 Å². The van der Waals surface area contributed by atoms with Gasteiger partial charge in [-0.15, -0.1) is 0 Å². The van der Waals surface area contributed by atoms with Gasteiger partial charge in [0, 0.05) is 11.0 Å². The molecule has 4 saturated carbocycles. The van der Waals surface area contributed by atoms with Crippen LogP contribution in [0.5, 0.6) is 11.5 Å². The predicted octanol–water partition coefficient (Wildman–Crippen LogP) is 3.48. The van der Waals surface area contributed by atoms with Crippen molar-refractivity contribution < 1.29 is 28.6 Å². The van der Waals surface area contributed by atoms with Gasteiger partial charge in [0.25, 0.3) is 0 Å². The van der Waals surface area contributed by atoms with Gasteiger partial charge in [-0.1, -0.05) is 5.16 Å². The molecule has 1 aromatic rings. The van der Waals surface area contributed by atoms with Gasteiger partial charge in [-0.05, 0) is 81.4 Å². The Labute approximate surface area is 175 Å². The molecule has 0 unspecified atom stereocenters. The van der Waals surface area contributed by atoms with Crippen molar-refractivity contribution >= 4 is 17.5 Å². The normalized spacial score (nSPS) is 31.0. The van der Waals surface area contributed by atoms with Crippen LogP contribution in [0.25, 0.3) is 0 Å². The minimum absolute atomic E-state index is 0.0926. The maximum Gasteiger partial charge on any atom is 0.347 e. The van der Waals surface area contributed by atoms with Crippen molar-refractivity contribution in [2.75, 3.05) is 20.0 Å². The van der Waals surface area contributed by atoms with E-state index in [0.29, 0.717) is 35.0 Å². The number of hydrogen-bond donors (Lipinski definition) is 0. The SMILES string of the molecule is C/C(=N/OCC(=O)OCC(=O)C12CC3CC(CC(C3)C1)C2)c1ccc2c(c1)OCO2. The number of nitrogens with zero attached hydrogens (tertiary/aromatic N) is 1. The standard InChI is InChI=1S/C23H27NO6/c1-14(18-2-3-19-20(7-18)29-13-28-19)24-30-12-22(26)27-11-21(25)23-8-15-4-16(9-23)6-17(5-15)10-23/h2-3,7,15-17H,4-6,8-13H2,1H3/b24-14-. The summed E-state index contributed by atoms with van der Waals surface area (Å²) in [6.45, 7) is 1.51. The first-order valence-electron chi connectivity index (χ1n) is 10.8. The van der Waals surface area contributed by atoms with Gasteiger partial charge >= 0.3 is 5.97 Å². The van der Waals surface area contributed by atoms with E-state index in [4.69, 9.17) is 19.0 Å². The van der Waals surface area contributed by atoms with E-state index in [0.717, 1.165) is 24.8 Å². The second-order valence-corrected chi connectivity index (χ2v) is 9.30. The number of benzene rings is 1. The number of ketones is 1. The Morgan fingerprint density at radius 3 is 2.40 bits per heavy atom. The van der Waals surface area contributed by atoms with E-state index in [1.54, 1.807) is 13.0 Å². The highest BCUT2D eigenvalue weighted by Gasteiger charge is 2.54. The molecular weight excluding hydrogens is 386 g/mol. The van der Waals surface area contributed by atoms with E-state index in [-0.39, 0.29) is 31.2 Å². The van der Waals surface area contributed by atoms with E-state index in [1.165, 1.54) is 19.3 Å². The summed E-state index contributed by atoms with van der Waals surface area (Å²) in [7, 11) is 0. The largest absolute Gasteiger partial charge is 0.455 e. The third-order valence-corrected chi connectivity index (χ3v) is 7.17. The molecule has 4 aliphatic carbocycles. The van der Waals surface area contributed by atoms with Crippen molar-refractivity contribution in [3.63, 3.8) is 0 Å².